The SMILES string of the molecule is C.C.C.C=C1/C(=C\C=C2/CCC[C@]3(C)[C@@H]([C@H](C)CCCC(C)(C)O)CC[C@@H]23)C[C@@H](O)C[C@@H]1O.[2HH]. The van der Waals surface area contributed by atoms with Gasteiger partial charge < -0.3 is 15.3 Å². The second kappa shape index (κ2) is 12.7. The molecule has 3 fully saturated rings. The molecular formula is C30H58O3. The van der Waals surface area contributed by atoms with Crippen molar-refractivity contribution in [3.05, 3.63) is 35.5 Å². The van der Waals surface area contributed by atoms with E-state index in [4.69, 9.17) is 0 Å². The van der Waals surface area contributed by atoms with Crippen LogP contribution in [0.15, 0.2) is 35.5 Å². The van der Waals surface area contributed by atoms with E-state index in [1.807, 2.05) is 13.8 Å². The van der Waals surface area contributed by atoms with Crippen molar-refractivity contribution < 1.29 is 16.7 Å². The summed E-state index contributed by atoms with van der Waals surface area (Å²) in [6, 6.07) is 0. The van der Waals surface area contributed by atoms with Crippen LogP contribution in [-0.2, 0) is 0 Å². The first-order valence-corrected chi connectivity index (χ1v) is 12.2. The predicted octanol–water partition coefficient (Wildman–Crippen LogP) is 7.86. The largest absolute Gasteiger partial charge is 0.393 e. The molecule has 3 saturated carbocycles. The van der Waals surface area contributed by atoms with Gasteiger partial charge in [0.2, 0.25) is 0 Å². The van der Waals surface area contributed by atoms with Crippen LogP contribution in [0.4, 0.5) is 0 Å². The van der Waals surface area contributed by atoms with Gasteiger partial charge >= 0.3 is 0 Å². The maximum atomic E-state index is 10.1. The summed E-state index contributed by atoms with van der Waals surface area (Å²) in [6.07, 6.45) is 13.9. The molecule has 3 aliphatic rings. The zero-order valence-electron chi connectivity index (χ0n) is 19.7. The molecule has 0 aromatic heterocycles. The minimum atomic E-state index is -0.615. The third kappa shape index (κ3) is 7.54. The zero-order chi connectivity index (χ0) is 22.1. The predicted molar refractivity (Wildman–Crippen MR) is 146 cm³/mol. The molecule has 3 rings (SSSR count). The molecule has 6 atom stereocenters. The fourth-order valence-corrected chi connectivity index (χ4v) is 6.74. The van der Waals surface area contributed by atoms with Crippen LogP contribution in [0, 0.1) is 23.2 Å². The number of aliphatic hydroxyl groups excluding tert-OH is 2. The van der Waals surface area contributed by atoms with Gasteiger partial charge in [0, 0.05) is 7.85 Å². The number of fused-ring (bicyclic) bond motifs is 1. The van der Waals surface area contributed by atoms with E-state index >= 15 is 0 Å². The van der Waals surface area contributed by atoms with Crippen LogP contribution >= 0.6 is 0 Å². The lowest BCUT2D eigenvalue weighted by molar-refractivity contribution is 0.0596. The van der Waals surface area contributed by atoms with Crippen LogP contribution in [0.25, 0.3) is 0 Å². The van der Waals surface area contributed by atoms with Crippen molar-refractivity contribution in [3.63, 3.8) is 0 Å². The van der Waals surface area contributed by atoms with Crippen LogP contribution in [0.1, 0.15) is 116 Å². The molecule has 0 aromatic carbocycles. The lowest BCUT2D eigenvalue weighted by Gasteiger charge is -2.44. The Balaban J connectivity index is 0. The van der Waals surface area contributed by atoms with Crippen LogP contribution in [0.5, 0.6) is 0 Å². The van der Waals surface area contributed by atoms with Crippen molar-refractivity contribution >= 4 is 0 Å². The molecule has 0 saturated heterocycles. The Morgan fingerprint density at radius 2 is 1.85 bits per heavy atom. The number of rotatable bonds is 6. The highest BCUT2D eigenvalue weighted by Gasteiger charge is 2.50. The van der Waals surface area contributed by atoms with E-state index in [2.05, 4.69) is 32.6 Å². The highest BCUT2D eigenvalue weighted by Crippen LogP contribution is 2.60. The molecule has 0 aromatic rings. The van der Waals surface area contributed by atoms with Gasteiger partial charge in [-0.1, -0.05) is 73.3 Å². The molecular weight excluding hydrogens is 408 g/mol. The zero-order valence-corrected chi connectivity index (χ0v) is 19.7. The van der Waals surface area contributed by atoms with Crippen LogP contribution in [0.3, 0.4) is 0 Å². The number of allylic oxidation sites excluding steroid dienone is 3. The third-order valence-electron chi connectivity index (χ3n) is 8.44. The Labute approximate surface area is 207 Å². The van der Waals surface area contributed by atoms with Crippen molar-refractivity contribution in [3.8, 4) is 0 Å². The highest BCUT2D eigenvalue weighted by atomic mass is 16.3. The first-order valence-electron chi connectivity index (χ1n) is 12.2. The summed E-state index contributed by atoms with van der Waals surface area (Å²) in [5.41, 5.74) is 3.17. The molecule has 0 heterocycles. The monoisotopic (exact) mass is 467 g/mol. The standard InChI is InChI=1S/C27H44O3.3CH4.H2/c1-18(8-6-14-26(3,4)30)23-12-13-24-20(9-7-15-27(23,24)5)10-11-21-16-22(28)17-25(29)19(21)2;;;;/h10-11,18,22-25,28-30H,2,6-9,12-17H2,1,3-5H3;3*1H4;1H/b20-10+,21-11-;;;;/t18-,22-,23-,24+,25+,27-;;;;/m1..../s1/i;;;;1+1. The lowest BCUT2D eigenvalue weighted by Crippen LogP contribution is -2.36. The van der Waals surface area contributed by atoms with E-state index in [0.717, 1.165) is 29.9 Å². The van der Waals surface area contributed by atoms with Gasteiger partial charge in [-0.25, -0.2) is 0 Å². The molecule has 0 amide bonds. The summed E-state index contributed by atoms with van der Waals surface area (Å²) < 4.78 is 0. The quantitative estimate of drug-likeness (QED) is 0.372. The second-order valence-electron chi connectivity index (χ2n) is 11.3. The van der Waals surface area contributed by atoms with E-state index in [1.165, 1.54) is 38.5 Å². The summed E-state index contributed by atoms with van der Waals surface area (Å²) in [4.78, 5) is 0. The molecule has 3 nitrogen and oxygen atoms in total. The van der Waals surface area contributed by atoms with Crippen molar-refractivity contribution in [1.82, 2.24) is 0 Å². The molecule has 0 bridgehead atoms. The molecule has 3 N–H and O–H groups in total. The summed E-state index contributed by atoms with van der Waals surface area (Å²) >= 11 is 0. The number of aliphatic hydroxyl groups is 3. The summed E-state index contributed by atoms with van der Waals surface area (Å²) in [5, 5.41) is 30.2. The van der Waals surface area contributed by atoms with Crippen molar-refractivity contribution in [2.75, 3.05) is 0 Å². The summed E-state index contributed by atoms with van der Waals surface area (Å²) in [6.45, 7) is 12.8. The smallest absolute Gasteiger partial charge is 0.0811 e. The van der Waals surface area contributed by atoms with E-state index in [1.54, 1.807) is 5.57 Å². The van der Waals surface area contributed by atoms with Gasteiger partial charge in [-0.15, -0.1) is 0 Å². The molecule has 3 heteroatoms. The van der Waals surface area contributed by atoms with Crippen molar-refractivity contribution in [2.24, 2.45) is 23.2 Å². The van der Waals surface area contributed by atoms with Gasteiger partial charge in [-0.3, -0.25) is 0 Å². The van der Waals surface area contributed by atoms with Crippen molar-refractivity contribution in [2.45, 2.75) is 132 Å². The molecule has 0 unspecified atom stereocenters. The Morgan fingerprint density at radius 1 is 1.18 bits per heavy atom. The maximum Gasteiger partial charge on any atom is 0.0811 e. The van der Waals surface area contributed by atoms with E-state index in [-0.39, 0.29) is 23.7 Å². The topological polar surface area (TPSA) is 60.7 Å². The molecule has 3 aliphatic carbocycles. The Hall–Kier alpha value is -0.900. The fraction of sp³-hybridized carbons (Fsp3) is 0.800. The van der Waals surface area contributed by atoms with E-state index in [0.29, 0.717) is 30.1 Å². The number of hydrogen-bond donors (Lipinski definition) is 3. The average molecular weight is 468 g/mol. The molecule has 0 aliphatic heterocycles. The highest BCUT2D eigenvalue weighted by molar-refractivity contribution is 5.38. The fourth-order valence-electron chi connectivity index (χ4n) is 6.74. The average Bonchev–Trinajstić information content (AvgIpc) is 3.00. The lowest BCUT2D eigenvalue weighted by atomic mass is 9.60. The van der Waals surface area contributed by atoms with Crippen LogP contribution in [0.2, 0.25) is 0 Å². The first-order chi connectivity index (χ1) is 14.0. The van der Waals surface area contributed by atoms with Gasteiger partial charge in [-0.05, 0) is 93.1 Å². The van der Waals surface area contributed by atoms with Crippen molar-refractivity contribution in [1.29, 1.82) is 0 Å². The second-order valence-corrected chi connectivity index (χ2v) is 11.3. The minimum Gasteiger partial charge on any atom is -0.393 e. The Bertz CT molecular complexity index is 690. The van der Waals surface area contributed by atoms with Crippen LogP contribution < -0.4 is 0 Å². The Morgan fingerprint density at radius 3 is 2.48 bits per heavy atom. The van der Waals surface area contributed by atoms with Gasteiger partial charge in [0.1, 0.15) is 0 Å². The van der Waals surface area contributed by atoms with Crippen LogP contribution in [-0.4, -0.2) is 33.1 Å². The van der Waals surface area contributed by atoms with Gasteiger partial charge in [-0.2, -0.15) is 0 Å². The first kappa shape index (κ1) is 32.1. The molecule has 0 spiro atoms. The number of hydrogen-bond acceptors (Lipinski definition) is 3. The van der Waals surface area contributed by atoms with Gasteiger partial charge in [0.05, 0.1) is 17.8 Å². The van der Waals surface area contributed by atoms with Gasteiger partial charge in [0.15, 0.2) is 0 Å². The van der Waals surface area contributed by atoms with Gasteiger partial charge in [0.25, 0.3) is 0 Å². The van der Waals surface area contributed by atoms with E-state index < -0.39 is 17.8 Å². The summed E-state index contributed by atoms with van der Waals surface area (Å²) in [5.74, 6) is 2.11. The van der Waals surface area contributed by atoms with E-state index in [9.17, 15) is 15.3 Å². The Kier molecular flexibility index (Phi) is 12.4. The minimum absolute atomic E-state index is 0. The molecule has 196 valence electrons. The molecule has 33 heavy (non-hydrogen) atoms. The normalized spacial score (nSPS) is 35.3. The maximum absolute atomic E-state index is 10.1. The molecule has 0 radical (unpaired) electrons. The summed E-state index contributed by atoms with van der Waals surface area (Å²) in [7, 11) is 0. The third-order valence-corrected chi connectivity index (χ3v) is 8.44.